The summed E-state index contributed by atoms with van der Waals surface area (Å²) in [5.74, 6) is 0.191. The molecule has 1 aromatic carbocycles. The molecule has 0 atom stereocenters. The topological polar surface area (TPSA) is 87.7 Å². The third kappa shape index (κ3) is 3.50. The maximum absolute atomic E-state index is 12.2. The summed E-state index contributed by atoms with van der Waals surface area (Å²) in [6, 6.07) is 10.7. The Balaban J connectivity index is 0.00000161. The molecule has 3 rings (SSSR count). The van der Waals surface area contributed by atoms with Crippen molar-refractivity contribution in [1.29, 1.82) is 0 Å². The summed E-state index contributed by atoms with van der Waals surface area (Å²) >= 11 is 0. The number of hydrogen-bond acceptors (Lipinski definition) is 4. The van der Waals surface area contributed by atoms with E-state index in [9.17, 15) is 8.42 Å². The number of nitrogens with zero attached hydrogens (tertiary/aromatic N) is 2. The van der Waals surface area contributed by atoms with Crippen LogP contribution in [-0.2, 0) is 15.8 Å². The van der Waals surface area contributed by atoms with Crippen LogP contribution in [0.25, 0.3) is 11.0 Å². The molecule has 0 bridgehead atoms. The average Bonchev–Trinajstić information content (AvgIpc) is 2.88. The van der Waals surface area contributed by atoms with Gasteiger partial charge in [-0.1, -0.05) is 30.3 Å². The molecule has 2 heterocycles. The minimum atomic E-state index is -3.51. The van der Waals surface area contributed by atoms with Crippen molar-refractivity contribution < 1.29 is 8.42 Å². The second kappa shape index (κ2) is 6.11. The monoisotopic (exact) mass is 324 g/mol. The van der Waals surface area contributed by atoms with Gasteiger partial charge in [0.05, 0.1) is 11.1 Å². The first-order valence-electron chi connectivity index (χ1n) is 5.96. The van der Waals surface area contributed by atoms with Gasteiger partial charge in [-0.05, 0) is 11.6 Å². The summed E-state index contributed by atoms with van der Waals surface area (Å²) in [5, 5.41) is 0.643. The standard InChI is InChI=1S/C13H12N4O2S.ClH/c18-20(19,8-10-4-2-1-3-5-10)17-13-11-6-7-14-12(11)15-9-16-13;/h1-7,9H,8H2,(H2,14,15,16,17);1H. The van der Waals surface area contributed by atoms with E-state index in [1.165, 1.54) is 6.33 Å². The van der Waals surface area contributed by atoms with E-state index in [4.69, 9.17) is 0 Å². The number of rotatable bonds is 4. The minimum absolute atomic E-state index is 0. The van der Waals surface area contributed by atoms with Crippen LogP contribution in [0, 0.1) is 0 Å². The lowest BCUT2D eigenvalue weighted by molar-refractivity contribution is 0.600. The Bertz CT molecular complexity index is 834. The Morgan fingerprint density at radius 3 is 2.62 bits per heavy atom. The van der Waals surface area contributed by atoms with Crippen molar-refractivity contribution >= 4 is 39.3 Å². The molecule has 21 heavy (non-hydrogen) atoms. The highest BCUT2D eigenvalue weighted by Crippen LogP contribution is 2.19. The van der Waals surface area contributed by atoms with E-state index in [0.717, 1.165) is 5.56 Å². The van der Waals surface area contributed by atoms with Gasteiger partial charge in [0.25, 0.3) is 0 Å². The lowest BCUT2D eigenvalue weighted by Crippen LogP contribution is -2.16. The van der Waals surface area contributed by atoms with Crippen LogP contribution in [0.4, 0.5) is 5.82 Å². The first-order valence-corrected chi connectivity index (χ1v) is 7.62. The average molecular weight is 325 g/mol. The highest BCUT2D eigenvalue weighted by atomic mass is 35.5. The quantitative estimate of drug-likeness (QED) is 0.771. The molecule has 110 valence electrons. The molecule has 0 unspecified atom stereocenters. The maximum Gasteiger partial charge on any atom is 0.238 e. The van der Waals surface area contributed by atoms with Crippen LogP contribution in [0.1, 0.15) is 5.56 Å². The molecule has 0 aliphatic rings. The Kier molecular flexibility index (Phi) is 4.44. The van der Waals surface area contributed by atoms with Gasteiger partial charge in [0.2, 0.25) is 10.0 Å². The fourth-order valence-electron chi connectivity index (χ4n) is 1.93. The lowest BCUT2D eigenvalue weighted by atomic mass is 10.2. The number of aromatic nitrogens is 3. The molecule has 2 aromatic heterocycles. The maximum atomic E-state index is 12.2. The number of sulfonamides is 1. The Morgan fingerprint density at radius 1 is 1.10 bits per heavy atom. The zero-order valence-electron chi connectivity index (χ0n) is 10.9. The van der Waals surface area contributed by atoms with E-state index in [-0.39, 0.29) is 24.0 Å². The number of benzene rings is 1. The molecule has 0 radical (unpaired) electrons. The van der Waals surface area contributed by atoms with Gasteiger partial charge in [-0.25, -0.2) is 18.4 Å². The molecule has 6 nitrogen and oxygen atoms in total. The number of H-pyrrole nitrogens is 1. The van der Waals surface area contributed by atoms with E-state index >= 15 is 0 Å². The van der Waals surface area contributed by atoms with Gasteiger partial charge in [-0.15, -0.1) is 12.4 Å². The van der Waals surface area contributed by atoms with Crippen molar-refractivity contribution in [2.24, 2.45) is 0 Å². The van der Waals surface area contributed by atoms with E-state index < -0.39 is 10.0 Å². The molecular formula is C13H13ClN4O2S. The van der Waals surface area contributed by atoms with Gasteiger partial charge in [0, 0.05) is 6.20 Å². The van der Waals surface area contributed by atoms with Gasteiger partial charge < -0.3 is 4.98 Å². The summed E-state index contributed by atoms with van der Waals surface area (Å²) < 4.78 is 26.8. The van der Waals surface area contributed by atoms with Gasteiger partial charge in [-0.3, -0.25) is 4.72 Å². The zero-order chi connectivity index (χ0) is 14.0. The summed E-state index contributed by atoms with van der Waals surface area (Å²) in [6.07, 6.45) is 3.01. The molecule has 0 fully saturated rings. The van der Waals surface area contributed by atoms with Crippen LogP contribution < -0.4 is 4.72 Å². The molecule has 3 aromatic rings. The molecule has 8 heteroatoms. The van der Waals surface area contributed by atoms with E-state index in [2.05, 4.69) is 19.7 Å². The third-order valence-electron chi connectivity index (χ3n) is 2.81. The highest BCUT2D eigenvalue weighted by molar-refractivity contribution is 7.91. The van der Waals surface area contributed by atoms with Gasteiger partial charge >= 0.3 is 0 Å². The molecule has 0 aliphatic heterocycles. The highest BCUT2D eigenvalue weighted by Gasteiger charge is 2.14. The van der Waals surface area contributed by atoms with E-state index in [1.807, 2.05) is 6.07 Å². The minimum Gasteiger partial charge on any atom is -0.346 e. The predicted molar refractivity (Wildman–Crippen MR) is 83.8 cm³/mol. The summed E-state index contributed by atoms with van der Waals surface area (Å²) in [7, 11) is -3.51. The number of nitrogens with one attached hydrogen (secondary N) is 2. The molecule has 0 saturated carbocycles. The first kappa shape index (κ1) is 15.3. The van der Waals surface area contributed by atoms with Crippen molar-refractivity contribution in [3.05, 3.63) is 54.5 Å². The zero-order valence-corrected chi connectivity index (χ0v) is 12.5. The summed E-state index contributed by atoms with van der Waals surface area (Å²) in [6.45, 7) is 0. The number of fused-ring (bicyclic) bond motifs is 1. The van der Waals surface area contributed by atoms with Crippen LogP contribution in [-0.4, -0.2) is 23.4 Å². The van der Waals surface area contributed by atoms with E-state index in [0.29, 0.717) is 11.0 Å². The molecule has 0 aliphatic carbocycles. The van der Waals surface area contributed by atoms with Crippen LogP contribution in [0.5, 0.6) is 0 Å². The lowest BCUT2D eigenvalue weighted by Gasteiger charge is -2.07. The second-order valence-corrected chi connectivity index (χ2v) is 6.03. The van der Waals surface area contributed by atoms with Crippen LogP contribution in [0.3, 0.4) is 0 Å². The van der Waals surface area contributed by atoms with Crippen LogP contribution in [0.15, 0.2) is 48.9 Å². The summed E-state index contributed by atoms with van der Waals surface area (Å²) in [4.78, 5) is 10.9. The molecular weight excluding hydrogens is 312 g/mol. The Morgan fingerprint density at radius 2 is 1.86 bits per heavy atom. The molecule has 0 spiro atoms. The number of hydrogen-bond donors (Lipinski definition) is 2. The fourth-order valence-corrected chi connectivity index (χ4v) is 3.09. The smallest absolute Gasteiger partial charge is 0.238 e. The van der Waals surface area contributed by atoms with Gasteiger partial charge in [0.15, 0.2) is 5.82 Å². The number of halogens is 1. The van der Waals surface area contributed by atoms with Crippen molar-refractivity contribution in [2.75, 3.05) is 4.72 Å². The predicted octanol–water partition coefficient (Wildman–Crippen LogP) is 2.32. The number of anilines is 1. The molecule has 0 saturated heterocycles. The summed E-state index contributed by atoms with van der Waals surface area (Å²) in [5.41, 5.74) is 1.32. The van der Waals surface area contributed by atoms with Crippen molar-refractivity contribution in [2.45, 2.75) is 5.75 Å². The normalized spacial score (nSPS) is 11.0. The first-order chi connectivity index (χ1) is 9.64. The largest absolute Gasteiger partial charge is 0.346 e. The van der Waals surface area contributed by atoms with Crippen molar-refractivity contribution in [3.8, 4) is 0 Å². The van der Waals surface area contributed by atoms with Crippen LogP contribution in [0.2, 0.25) is 0 Å². The fraction of sp³-hybridized carbons (Fsp3) is 0.0769. The van der Waals surface area contributed by atoms with Crippen molar-refractivity contribution in [1.82, 2.24) is 15.0 Å². The second-order valence-electron chi connectivity index (χ2n) is 4.31. The third-order valence-corrected chi connectivity index (χ3v) is 4.02. The molecule has 0 amide bonds. The van der Waals surface area contributed by atoms with Crippen LogP contribution >= 0.6 is 12.4 Å². The van der Waals surface area contributed by atoms with Gasteiger partial charge in [0.1, 0.15) is 12.0 Å². The Hall–Kier alpha value is -2.12. The SMILES string of the molecule is Cl.O=S(=O)(Cc1ccccc1)Nc1ncnc2[nH]ccc12. The van der Waals surface area contributed by atoms with E-state index in [1.54, 1.807) is 36.5 Å². The number of aromatic amines is 1. The van der Waals surface area contributed by atoms with Gasteiger partial charge in [-0.2, -0.15) is 0 Å². The Labute approximate surface area is 128 Å². The molecule has 2 N–H and O–H groups in total. The van der Waals surface area contributed by atoms with Crippen molar-refractivity contribution in [3.63, 3.8) is 0 Å².